The molecule has 0 atom stereocenters. The van der Waals surface area contributed by atoms with Gasteiger partial charge < -0.3 is 5.11 Å². The van der Waals surface area contributed by atoms with Crippen molar-refractivity contribution in [2.75, 3.05) is 6.61 Å². The van der Waals surface area contributed by atoms with Crippen LogP contribution in [0.4, 0.5) is 0 Å². The molecule has 0 amide bonds. The molecular weight excluding hydrogens is 164 g/mol. The summed E-state index contributed by atoms with van der Waals surface area (Å²) < 4.78 is 0. The first kappa shape index (κ1) is 8.75. The van der Waals surface area contributed by atoms with E-state index in [2.05, 4.69) is 17.1 Å². The third-order valence-corrected chi connectivity index (χ3v) is 2.66. The molecule has 2 rings (SSSR count). The Morgan fingerprint density at radius 2 is 2.31 bits per heavy atom. The van der Waals surface area contributed by atoms with Gasteiger partial charge in [0, 0.05) is 18.2 Å². The van der Waals surface area contributed by atoms with Gasteiger partial charge in [0.15, 0.2) is 0 Å². The number of aryl methyl sites for hydroxylation is 1. The summed E-state index contributed by atoms with van der Waals surface area (Å²) in [4.78, 5) is 0. The van der Waals surface area contributed by atoms with Crippen molar-refractivity contribution in [1.82, 2.24) is 10.2 Å². The number of hydrogen-bond acceptors (Lipinski definition) is 2. The SMILES string of the molecule is CCc1[nH]nc(C2CC2)c1CCO. The minimum atomic E-state index is 0.228. The molecule has 72 valence electrons. The minimum absolute atomic E-state index is 0.228. The van der Waals surface area contributed by atoms with Gasteiger partial charge in [0.25, 0.3) is 0 Å². The van der Waals surface area contributed by atoms with E-state index in [1.54, 1.807) is 0 Å². The third-order valence-electron chi connectivity index (χ3n) is 2.66. The summed E-state index contributed by atoms with van der Waals surface area (Å²) in [6, 6.07) is 0. The Kier molecular flexibility index (Phi) is 2.36. The Bertz CT molecular complexity index is 289. The van der Waals surface area contributed by atoms with Crippen molar-refractivity contribution in [2.24, 2.45) is 0 Å². The second-order valence-corrected chi connectivity index (χ2v) is 3.67. The number of aliphatic hydroxyl groups is 1. The summed E-state index contributed by atoms with van der Waals surface area (Å²) in [6.45, 7) is 2.34. The van der Waals surface area contributed by atoms with Crippen LogP contribution in [-0.4, -0.2) is 21.9 Å². The standard InChI is InChI=1S/C10H16N2O/c1-2-9-8(5-6-13)10(12-11-9)7-3-4-7/h7,13H,2-6H2,1H3,(H,11,12). The lowest BCUT2D eigenvalue weighted by Crippen LogP contribution is -1.97. The Hall–Kier alpha value is -0.830. The van der Waals surface area contributed by atoms with E-state index in [4.69, 9.17) is 5.11 Å². The summed E-state index contributed by atoms with van der Waals surface area (Å²) in [6.07, 6.45) is 4.28. The highest BCUT2D eigenvalue weighted by Crippen LogP contribution is 2.41. The fourth-order valence-corrected chi connectivity index (χ4v) is 1.79. The zero-order valence-electron chi connectivity index (χ0n) is 8.01. The van der Waals surface area contributed by atoms with Crippen molar-refractivity contribution in [3.8, 4) is 0 Å². The topological polar surface area (TPSA) is 48.9 Å². The minimum Gasteiger partial charge on any atom is -0.396 e. The molecule has 0 bridgehead atoms. The van der Waals surface area contributed by atoms with Gasteiger partial charge in [-0.3, -0.25) is 5.10 Å². The maximum atomic E-state index is 8.94. The van der Waals surface area contributed by atoms with Crippen molar-refractivity contribution in [3.63, 3.8) is 0 Å². The molecule has 0 radical (unpaired) electrons. The van der Waals surface area contributed by atoms with Crippen molar-refractivity contribution < 1.29 is 5.11 Å². The molecule has 1 aliphatic carbocycles. The highest BCUT2D eigenvalue weighted by molar-refractivity contribution is 5.31. The summed E-state index contributed by atoms with van der Waals surface area (Å²) in [5, 5.41) is 16.3. The van der Waals surface area contributed by atoms with Gasteiger partial charge >= 0.3 is 0 Å². The molecule has 0 aromatic carbocycles. The van der Waals surface area contributed by atoms with Crippen LogP contribution in [0.15, 0.2) is 0 Å². The average Bonchev–Trinajstić information content (AvgIpc) is 2.90. The second-order valence-electron chi connectivity index (χ2n) is 3.67. The van der Waals surface area contributed by atoms with Crippen LogP contribution in [-0.2, 0) is 12.8 Å². The van der Waals surface area contributed by atoms with Gasteiger partial charge in [0.2, 0.25) is 0 Å². The van der Waals surface area contributed by atoms with Crippen LogP contribution in [0, 0.1) is 0 Å². The largest absolute Gasteiger partial charge is 0.396 e. The Balaban J connectivity index is 2.26. The van der Waals surface area contributed by atoms with Crippen LogP contribution >= 0.6 is 0 Å². The lowest BCUT2D eigenvalue weighted by Gasteiger charge is -2.00. The molecule has 3 heteroatoms. The monoisotopic (exact) mass is 180 g/mol. The van der Waals surface area contributed by atoms with E-state index in [9.17, 15) is 0 Å². The van der Waals surface area contributed by atoms with E-state index in [0.29, 0.717) is 5.92 Å². The third kappa shape index (κ3) is 1.61. The molecule has 0 spiro atoms. The van der Waals surface area contributed by atoms with Crippen LogP contribution in [0.2, 0.25) is 0 Å². The Morgan fingerprint density at radius 3 is 2.85 bits per heavy atom. The van der Waals surface area contributed by atoms with Gasteiger partial charge in [-0.25, -0.2) is 0 Å². The predicted molar refractivity (Wildman–Crippen MR) is 50.7 cm³/mol. The fourth-order valence-electron chi connectivity index (χ4n) is 1.79. The maximum Gasteiger partial charge on any atom is 0.0688 e. The molecule has 0 saturated heterocycles. The molecule has 1 aromatic rings. The van der Waals surface area contributed by atoms with Crippen molar-refractivity contribution >= 4 is 0 Å². The molecule has 1 saturated carbocycles. The fraction of sp³-hybridized carbons (Fsp3) is 0.700. The number of aliphatic hydroxyl groups excluding tert-OH is 1. The lowest BCUT2D eigenvalue weighted by atomic mass is 10.1. The highest BCUT2D eigenvalue weighted by atomic mass is 16.2. The maximum absolute atomic E-state index is 8.94. The van der Waals surface area contributed by atoms with Gasteiger partial charge in [-0.1, -0.05) is 6.92 Å². The highest BCUT2D eigenvalue weighted by Gasteiger charge is 2.29. The molecule has 1 fully saturated rings. The number of nitrogens with one attached hydrogen (secondary N) is 1. The van der Waals surface area contributed by atoms with E-state index in [0.717, 1.165) is 12.8 Å². The van der Waals surface area contributed by atoms with Crippen molar-refractivity contribution in [3.05, 3.63) is 17.0 Å². The van der Waals surface area contributed by atoms with E-state index in [1.165, 1.54) is 29.8 Å². The molecule has 1 aromatic heterocycles. The summed E-state index contributed by atoms with van der Waals surface area (Å²) in [5.41, 5.74) is 3.69. The summed E-state index contributed by atoms with van der Waals surface area (Å²) in [5.74, 6) is 0.679. The van der Waals surface area contributed by atoms with Gasteiger partial charge in [-0.15, -0.1) is 0 Å². The summed E-state index contributed by atoms with van der Waals surface area (Å²) in [7, 11) is 0. The first-order valence-electron chi connectivity index (χ1n) is 5.03. The molecule has 0 unspecified atom stereocenters. The van der Waals surface area contributed by atoms with Crippen LogP contribution in [0.3, 0.4) is 0 Å². The summed E-state index contributed by atoms with van der Waals surface area (Å²) >= 11 is 0. The van der Waals surface area contributed by atoms with Crippen molar-refractivity contribution in [1.29, 1.82) is 0 Å². The molecule has 13 heavy (non-hydrogen) atoms. The average molecular weight is 180 g/mol. The van der Waals surface area contributed by atoms with Crippen LogP contribution in [0.1, 0.15) is 42.6 Å². The van der Waals surface area contributed by atoms with E-state index in [1.807, 2.05) is 0 Å². The molecule has 2 N–H and O–H groups in total. The Labute approximate surface area is 78.2 Å². The second kappa shape index (κ2) is 3.50. The smallest absolute Gasteiger partial charge is 0.0688 e. The zero-order chi connectivity index (χ0) is 9.26. The molecule has 1 heterocycles. The van der Waals surface area contributed by atoms with Gasteiger partial charge in [-0.05, 0) is 31.2 Å². The molecule has 1 aliphatic rings. The number of aromatic amines is 1. The number of rotatable bonds is 4. The first-order chi connectivity index (χ1) is 6.36. The molecular formula is C10H16N2O. The van der Waals surface area contributed by atoms with Gasteiger partial charge in [-0.2, -0.15) is 5.10 Å². The number of nitrogens with zero attached hydrogens (tertiary/aromatic N) is 1. The van der Waals surface area contributed by atoms with Gasteiger partial charge in [0.05, 0.1) is 5.69 Å². The van der Waals surface area contributed by atoms with Crippen molar-refractivity contribution in [2.45, 2.75) is 38.5 Å². The first-order valence-corrected chi connectivity index (χ1v) is 5.03. The Morgan fingerprint density at radius 1 is 1.54 bits per heavy atom. The quantitative estimate of drug-likeness (QED) is 0.735. The van der Waals surface area contributed by atoms with E-state index >= 15 is 0 Å². The zero-order valence-corrected chi connectivity index (χ0v) is 8.01. The van der Waals surface area contributed by atoms with E-state index in [-0.39, 0.29) is 6.61 Å². The van der Waals surface area contributed by atoms with Gasteiger partial charge in [0.1, 0.15) is 0 Å². The van der Waals surface area contributed by atoms with Crippen LogP contribution < -0.4 is 0 Å². The van der Waals surface area contributed by atoms with E-state index < -0.39 is 0 Å². The number of H-pyrrole nitrogens is 1. The predicted octanol–water partition coefficient (Wildman–Crippen LogP) is 1.38. The molecule has 3 nitrogen and oxygen atoms in total. The number of aromatic nitrogens is 2. The lowest BCUT2D eigenvalue weighted by molar-refractivity contribution is 0.299. The normalized spacial score (nSPS) is 16.5. The number of hydrogen-bond donors (Lipinski definition) is 2. The van der Waals surface area contributed by atoms with Crippen LogP contribution in [0.5, 0.6) is 0 Å². The molecule has 0 aliphatic heterocycles. The van der Waals surface area contributed by atoms with Crippen LogP contribution in [0.25, 0.3) is 0 Å².